The molecular formula is C13H21N3O2. The van der Waals surface area contributed by atoms with E-state index in [-0.39, 0.29) is 10.6 Å². The zero-order chi connectivity index (χ0) is 13.7. The fourth-order valence-corrected chi connectivity index (χ4v) is 1.80. The predicted molar refractivity (Wildman–Crippen MR) is 74.3 cm³/mol. The van der Waals surface area contributed by atoms with Crippen LogP contribution < -0.4 is 4.90 Å². The van der Waals surface area contributed by atoms with Crippen molar-refractivity contribution in [3.05, 3.63) is 33.9 Å². The minimum absolute atomic E-state index is 0.222. The van der Waals surface area contributed by atoms with Crippen molar-refractivity contribution >= 4 is 11.4 Å². The molecule has 5 nitrogen and oxygen atoms in total. The van der Waals surface area contributed by atoms with Crippen molar-refractivity contribution in [2.24, 2.45) is 0 Å². The van der Waals surface area contributed by atoms with Gasteiger partial charge < -0.3 is 9.80 Å². The molecule has 0 N–H and O–H groups in total. The number of aryl methyl sites for hydroxylation is 1. The second-order valence-electron chi connectivity index (χ2n) is 4.87. The summed E-state index contributed by atoms with van der Waals surface area (Å²) in [5.74, 6) is 0. The molecule has 0 aliphatic rings. The number of hydrogen-bond donors (Lipinski definition) is 0. The van der Waals surface area contributed by atoms with Gasteiger partial charge in [0.1, 0.15) is 0 Å². The first kappa shape index (κ1) is 14.4. The Morgan fingerprint density at radius 2 is 1.89 bits per heavy atom. The minimum Gasteiger partial charge on any atom is -0.377 e. The van der Waals surface area contributed by atoms with Crippen LogP contribution in [0.25, 0.3) is 0 Å². The van der Waals surface area contributed by atoms with Gasteiger partial charge in [0.05, 0.1) is 4.92 Å². The Bertz CT molecular complexity index is 417. The van der Waals surface area contributed by atoms with Crippen LogP contribution in [0, 0.1) is 10.1 Å². The summed E-state index contributed by atoms with van der Waals surface area (Å²) in [6, 6.07) is 5.44. The molecule has 0 unspecified atom stereocenters. The van der Waals surface area contributed by atoms with Crippen molar-refractivity contribution in [2.75, 3.05) is 39.6 Å². The summed E-state index contributed by atoms with van der Waals surface area (Å²) in [4.78, 5) is 14.7. The molecule has 0 saturated carbocycles. The van der Waals surface area contributed by atoms with E-state index in [1.807, 2.05) is 45.2 Å². The lowest BCUT2D eigenvalue weighted by Crippen LogP contribution is -2.14. The zero-order valence-corrected chi connectivity index (χ0v) is 11.5. The van der Waals surface area contributed by atoms with Gasteiger partial charge in [0.25, 0.3) is 5.69 Å². The van der Waals surface area contributed by atoms with Crippen LogP contribution in [0.4, 0.5) is 11.4 Å². The monoisotopic (exact) mass is 251 g/mol. The second-order valence-corrected chi connectivity index (χ2v) is 4.87. The molecule has 0 atom stereocenters. The average Bonchev–Trinajstić information content (AvgIpc) is 2.28. The number of nitro groups is 1. The van der Waals surface area contributed by atoms with Crippen molar-refractivity contribution in [3.8, 4) is 0 Å². The first-order valence-electron chi connectivity index (χ1n) is 6.01. The summed E-state index contributed by atoms with van der Waals surface area (Å²) in [6.45, 7) is 0.937. The first-order valence-corrected chi connectivity index (χ1v) is 6.01. The van der Waals surface area contributed by atoms with Crippen LogP contribution in [0.3, 0.4) is 0 Å². The van der Waals surface area contributed by atoms with Gasteiger partial charge in [0.2, 0.25) is 0 Å². The molecule has 18 heavy (non-hydrogen) atoms. The predicted octanol–water partition coefficient (Wildman–Crippen LogP) is 2.16. The SMILES string of the molecule is CN(C)CCCc1ccc(N(C)C)cc1[N+](=O)[O-]. The molecule has 100 valence electrons. The highest BCUT2D eigenvalue weighted by Crippen LogP contribution is 2.25. The van der Waals surface area contributed by atoms with E-state index < -0.39 is 0 Å². The molecule has 1 aromatic rings. The van der Waals surface area contributed by atoms with E-state index in [1.165, 1.54) is 0 Å². The van der Waals surface area contributed by atoms with Crippen LogP contribution >= 0.6 is 0 Å². The van der Waals surface area contributed by atoms with E-state index in [4.69, 9.17) is 0 Å². The van der Waals surface area contributed by atoms with Crippen LogP contribution in [0.1, 0.15) is 12.0 Å². The van der Waals surface area contributed by atoms with Gasteiger partial charge in [0, 0.05) is 31.4 Å². The molecule has 0 aliphatic carbocycles. The van der Waals surface area contributed by atoms with E-state index in [9.17, 15) is 10.1 Å². The average molecular weight is 251 g/mol. The molecule has 0 fully saturated rings. The van der Waals surface area contributed by atoms with Crippen molar-refractivity contribution in [3.63, 3.8) is 0 Å². The maximum absolute atomic E-state index is 11.1. The summed E-state index contributed by atoms with van der Waals surface area (Å²) >= 11 is 0. The smallest absolute Gasteiger partial charge is 0.274 e. The minimum atomic E-state index is -0.294. The quantitative estimate of drug-likeness (QED) is 0.574. The zero-order valence-electron chi connectivity index (χ0n) is 11.5. The summed E-state index contributed by atoms with van der Waals surface area (Å²) in [5, 5.41) is 11.1. The van der Waals surface area contributed by atoms with Crippen LogP contribution in [-0.2, 0) is 6.42 Å². The van der Waals surface area contributed by atoms with E-state index in [0.717, 1.165) is 30.6 Å². The normalized spacial score (nSPS) is 10.7. The summed E-state index contributed by atoms with van der Waals surface area (Å²) < 4.78 is 0. The molecular weight excluding hydrogens is 230 g/mol. The molecule has 0 heterocycles. The lowest BCUT2D eigenvalue weighted by atomic mass is 10.1. The number of benzene rings is 1. The number of rotatable bonds is 6. The third-order valence-corrected chi connectivity index (χ3v) is 2.83. The lowest BCUT2D eigenvalue weighted by molar-refractivity contribution is -0.385. The van der Waals surface area contributed by atoms with Gasteiger partial charge in [-0.25, -0.2) is 0 Å². The Morgan fingerprint density at radius 1 is 1.22 bits per heavy atom. The summed E-state index contributed by atoms with van der Waals surface area (Å²) in [6.07, 6.45) is 1.66. The molecule has 0 amide bonds. The van der Waals surface area contributed by atoms with Gasteiger partial charge >= 0.3 is 0 Å². The molecule has 0 radical (unpaired) electrons. The lowest BCUT2D eigenvalue weighted by Gasteiger charge is -2.14. The number of hydrogen-bond acceptors (Lipinski definition) is 4. The summed E-state index contributed by atoms with van der Waals surface area (Å²) in [7, 11) is 7.77. The fraction of sp³-hybridized carbons (Fsp3) is 0.538. The third kappa shape index (κ3) is 4.00. The Kier molecular flexibility index (Phi) is 5.09. The number of nitrogens with zero attached hydrogens (tertiary/aromatic N) is 3. The molecule has 1 rings (SSSR count). The highest BCUT2D eigenvalue weighted by molar-refractivity contribution is 5.56. The van der Waals surface area contributed by atoms with Gasteiger partial charge in [0.15, 0.2) is 0 Å². The van der Waals surface area contributed by atoms with Crippen molar-refractivity contribution < 1.29 is 4.92 Å². The van der Waals surface area contributed by atoms with Crippen molar-refractivity contribution in [1.82, 2.24) is 4.90 Å². The Hall–Kier alpha value is -1.62. The Balaban J connectivity index is 2.87. The topological polar surface area (TPSA) is 49.6 Å². The first-order chi connectivity index (χ1) is 8.41. The molecule has 0 aliphatic heterocycles. The highest BCUT2D eigenvalue weighted by Gasteiger charge is 2.14. The molecule has 0 bridgehead atoms. The fourth-order valence-electron chi connectivity index (χ4n) is 1.80. The van der Waals surface area contributed by atoms with Gasteiger partial charge in [-0.2, -0.15) is 0 Å². The van der Waals surface area contributed by atoms with Crippen molar-refractivity contribution in [1.29, 1.82) is 0 Å². The standard InChI is InChI=1S/C13H21N3O2/c1-14(2)9-5-6-11-7-8-12(15(3)4)10-13(11)16(17)18/h7-8,10H,5-6,9H2,1-4H3. The van der Waals surface area contributed by atoms with Crippen LogP contribution in [0.15, 0.2) is 18.2 Å². The highest BCUT2D eigenvalue weighted by atomic mass is 16.6. The van der Waals surface area contributed by atoms with Gasteiger partial charge in [-0.05, 0) is 39.5 Å². The maximum atomic E-state index is 11.1. The molecule has 5 heteroatoms. The second kappa shape index (κ2) is 6.35. The van der Waals surface area contributed by atoms with E-state index in [1.54, 1.807) is 6.07 Å². The molecule has 0 saturated heterocycles. The van der Waals surface area contributed by atoms with Gasteiger partial charge in [-0.1, -0.05) is 6.07 Å². The van der Waals surface area contributed by atoms with Crippen LogP contribution in [0.5, 0.6) is 0 Å². The number of nitro benzene ring substituents is 1. The van der Waals surface area contributed by atoms with Gasteiger partial charge in [-0.3, -0.25) is 10.1 Å². The molecule has 0 spiro atoms. The van der Waals surface area contributed by atoms with Gasteiger partial charge in [-0.15, -0.1) is 0 Å². The van der Waals surface area contributed by atoms with Crippen LogP contribution in [-0.4, -0.2) is 44.6 Å². The Morgan fingerprint density at radius 3 is 2.39 bits per heavy atom. The third-order valence-electron chi connectivity index (χ3n) is 2.83. The van der Waals surface area contributed by atoms with E-state index >= 15 is 0 Å². The largest absolute Gasteiger partial charge is 0.377 e. The summed E-state index contributed by atoms with van der Waals surface area (Å²) in [5.41, 5.74) is 1.89. The van der Waals surface area contributed by atoms with E-state index in [2.05, 4.69) is 4.90 Å². The maximum Gasteiger partial charge on any atom is 0.274 e. The van der Waals surface area contributed by atoms with E-state index in [0.29, 0.717) is 0 Å². The van der Waals surface area contributed by atoms with Crippen molar-refractivity contribution in [2.45, 2.75) is 12.8 Å². The molecule has 0 aromatic heterocycles. The molecule has 1 aromatic carbocycles. The Labute approximate surface area is 108 Å². The number of anilines is 1. The van der Waals surface area contributed by atoms with Crippen LogP contribution in [0.2, 0.25) is 0 Å².